The number of nitriles is 4. The highest BCUT2D eigenvalue weighted by atomic mass is 16.6. The van der Waals surface area contributed by atoms with Gasteiger partial charge in [0.2, 0.25) is 0 Å². The summed E-state index contributed by atoms with van der Waals surface area (Å²) in [7, 11) is 0. The molecule has 0 spiro atoms. The summed E-state index contributed by atoms with van der Waals surface area (Å²) in [6.07, 6.45) is 8.76. The molecule has 0 aromatic carbocycles. The van der Waals surface area contributed by atoms with Crippen LogP contribution >= 0.6 is 0 Å². The van der Waals surface area contributed by atoms with E-state index in [1.807, 2.05) is 32.9 Å². The van der Waals surface area contributed by atoms with Gasteiger partial charge >= 0.3 is 17.9 Å². The van der Waals surface area contributed by atoms with Crippen molar-refractivity contribution in [2.75, 3.05) is 59.1 Å². The van der Waals surface area contributed by atoms with E-state index < -0.39 is 43.6 Å². The molecule has 0 bridgehead atoms. The van der Waals surface area contributed by atoms with Gasteiger partial charge in [0.15, 0.2) is 5.70 Å². The highest BCUT2D eigenvalue weighted by Crippen LogP contribution is 2.41. The number of likely N-dealkylation sites (tertiary alicyclic amines) is 3. The fraction of sp³-hybridized carbons (Fsp3) is 0.571. The first-order valence-corrected chi connectivity index (χ1v) is 22.5. The van der Waals surface area contributed by atoms with Gasteiger partial charge in [0.1, 0.15) is 48.6 Å². The van der Waals surface area contributed by atoms with Gasteiger partial charge in [0.25, 0.3) is 5.70 Å². The van der Waals surface area contributed by atoms with Crippen molar-refractivity contribution in [2.24, 2.45) is 23.7 Å². The van der Waals surface area contributed by atoms with E-state index in [9.17, 15) is 35.4 Å². The van der Waals surface area contributed by atoms with E-state index in [-0.39, 0.29) is 51.4 Å². The van der Waals surface area contributed by atoms with Crippen LogP contribution in [-0.2, 0) is 28.6 Å². The maximum atomic E-state index is 13.8. The van der Waals surface area contributed by atoms with E-state index >= 15 is 0 Å². The van der Waals surface area contributed by atoms with Gasteiger partial charge in [0.05, 0.1) is 36.8 Å². The molecule has 3 aliphatic heterocycles. The quantitative estimate of drug-likeness (QED) is 0.0624. The van der Waals surface area contributed by atoms with Crippen LogP contribution < -0.4 is 0 Å². The number of hydrogen-bond donors (Lipinski definition) is 0. The molecular weight excluding hydrogens is 811 g/mol. The van der Waals surface area contributed by atoms with Crippen LogP contribution in [0.3, 0.4) is 0 Å². The van der Waals surface area contributed by atoms with Gasteiger partial charge in [-0.1, -0.05) is 20.8 Å². The predicted octanol–water partition coefficient (Wildman–Crippen LogP) is 7.31. The average molecular weight is 866 g/mol. The third kappa shape index (κ3) is 10.3. The lowest BCUT2D eigenvalue weighted by Crippen LogP contribution is -2.29. The van der Waals surface area contributed by atoms with Crippen molar-refractivity contribution >= 4 is 17.9 Å². The Bertz CT molecular complexity index is 2100. The monoisotopic (exact) mass is 865 g/mol. The third-order valence-electron chi connectivity index (χ3n) is 13.0. The first-order valence-electron chi connectivity index (χ1n) is 22.5. The summed E-state index contributed by atoms with van der Waals surface area (Å²) >= 11 is 0. The van der Waals surface area contributed by atoms with E-state index in [4.69, 9.17) is 27.4 Å². The molecule has 332 valence electrons. The zero-order valence-corrected chi connectivity index (χ0v) is 37.1. The van der Waals surface area contributed by atoms with Gasteiger partial charge in [-0.3, -0.25) is 4.79 Å². The van der Waals surface area contributed by atoms with Crippen molar-refractivity contribution in [1.82, 2.24) is 14.7 Å². The maximum Gasteiger partial charge on any atom is 0.349 e. The highest BCUT2D eigenvalue weighted by Gasteiger charge is 2.36. The van der Waals surface area contributed by atoms with Crippen LogP contribution in [0.1, 0.15) is 97.8 Å². The van der Waals surface area contributed by atoms with Crippen LogP contribution in [0.5, 0.6) is 0 Å². The van der Waals surface area contributed by atoms with Gasteiger partial charge in [-0.2, -0.15) is 21.0 Å². The summed E-state index contributed by atoms with van der Waals surface area (Å²) in [6, 6.07) is 8.42. The van der Waals surface area contributed by atoms with Crippen molar-refractivity contribution in [2.45, 2.75) is 97.8 Å². The molecule has 0 amide bonds. The summed E-state index contributed by atoms with van der Waals surface area (Å²) in [5.74, 6) is -3.89. The van der Waals surface area contributed by atoms with Crippen LogP contribution in [0.15, 0.2) is 67.5 Å². The summed E-state index contributed by atoms with van der Waals surface area (Å²) in [5.41, 5.74) is 3.25. The van der Waals surface area contributed by atoms with Gasteiger partial charge in [-0.15, -0.1) is 0 Å². The van der Waals surface area contributed by atoms with E-state index in [2.05, 4.69) is 36.5 Å². The molecule has 0 N–H and O–H groups in total. The van der Waals surface area contributed by atoms with Gasteiger partial charge in [-0.25, -0.2) is 19.3 Å². The molecule has 3 heterocycles. The molecule has 3 fully saturated rings. The van der Waals surface area contributed by atoms with Gasteiger partial charge < -0.3 is 28.9 Å². The fourth-order valence-corrected chi connectivity index (χ4v) is 9.90. The first-order chi connectivity index (χ1) is 31.0. The fourth-order valence-electron chi connectivity index (χ4n) is 9.90. The van der Waals surface area contributed by atoms with Crippen LogP contribution in [0.4, 0.5) is 0 Å². The molecule has 3 atom stereocenters. The van der Waals surface area contributed by atoms with Crippen molar-refractivity contribution in [1.29, 1.82) is 21.0 Å². The maximum absolute atomic E-state index is 13.8. The number of ether oxygens (including phenoxy) is 3. The smallest absolute Gasteiger partial charge is 0.349 e. The number of rotatable bonds is 12. The molecule has 0 aromatic heterocycles. The minimum atomic E-state index is -1.04. The zero-order chi connectivity index (χ0) is 45.9. The summed E-state index contributed by atoms with van der Waals surface area (Å²) in [4.78, 5) is 55.2. The molecule has 3 unspecified atom stereocenters. The Hall–Kier alpha value is -6.81. The first kappa shape index (κ1) is 46.7. The van der Waals surface area contributed by atoms with Crippen LogP contribution in [0, 0.1) is 82.1 Å². The minimum Gasteiger partial charge on any atom is -0.470 e. The third-order valence-corrected chi connectivity index (χ3v) is 13.0. The second-order valence-electron chi connectivity index (χ2n) is 17.9. The van der Waals surface area contributed by atoms with E-state index in [1.54, 1.807) is 0 Å². The molecule has 6 aliphatic rings. The predicted molar refractivity (Wildman–Crippen MR) is 232 cm³/mol. The molecule has 64 heavy (non-hydrogen) atoms. The molecule has 0 saturated carbocycles. The number of hydrogen-bond acceptors (Lipinski definition) is 13. The van der Waals surface area contributed by atoms with Crippen molar-refractivity contribution in [3.8, 4) is 24.3 Å². The summed E-state index contributed by atoms with van der Waals surface area (Å²) < 4.78 is 17.1. The van der Waals surface area contributed by atoms with Crippen LogP contribution in [0.2, 0.25) is 0 Å². The Kier molecular flexibility index (Phi) is 15.7. The van der Waals surface area contributed by atoms with E-state index in [0.717, 1.165) is 94.9 Å². The topological polar surface area (TPSA) is 192 Å². The molecule has 15 heteroatoms. The van der Waals surface area contributed by atoms with Crippen molar-refractivity contribution < 1.29 is 28.6 Å². The standard InChI is InChI=1S/C49H55N9O6/c1-31-18-35(38(24-50)42(21-31)56-12-6-7-13-56)40(26-52)47(59)62-28-34(29-63-48(60)41(27-53)36-19-32(2)22-43(39(36)25-51)57-14-8-9-15-57)30-64-49(61)46(55-5)37-20-33(3)23-44(45(37)54-4)58-16-10-11-17-58/h31-34H,6-23,28-30H2,1-3H3/b40-35+,41-36+,46-37-. The van der Waals surface area contributed by atoms with E-state index in [0.29, 0.717) is 55.2 Å². The number of allylic oxidation sites excluding steroid dienone is 8. The SMILES string of the molecule is [C-]#[N+]C1=C(N2CCCC2)CC(C)C/C1=C(/[N+]#[C-])C(=O)OCC(COC(=O)/C(C#N)=C1\CC(C)CC(N2CCCC2)=C1C#N)COC(=O)/C(C#N)=C1\CC(C)CC(N2CCCC2)=C1C#N. The molecule has 3 aliphatic carbocycles. The number of carbonyl (C=O) groups excluding carboxylic acids is 3. The number of carbonyl (C=O) groups is 3. The summed E-state index contributed by atoms with van der Waals surface area (Å²) in [6.45, 7) is 25.2. The lowest BCUT2D eigenvalue weighted by molar-refractivity contribution is -0.148. The second-order valence-corrected chi connectivity index (χ2v) is 17.9. The largest absolute Gasteiger partial charge is 0.470 e. The lowest BCUT2D eigenvalue weighted by Gasteiger charge is -2.31. The van der Waals surface area contributed by atoms with Crippen molar-refractivity contribution in [3.63, 3.8) is 0 Å². The summed E-state index contributed by atoms with van der Waals surface area (Å²) in [5, 5.41) is 41.2. The Morgan fingerprint density at radius 2 is 0.938 bits per heavy atom. The van der Waals surface area contributed by atoms with Crippen LogP contribution in [-0.4, -0.2) is 91.7 Å². The lowest BCUT2D eigenvalue weighted by atomic mass is 9.82. The Morgan fingerprint density at radius 1 is 0.578 bits per heavy atom. The molecular formula is C49H55N9O6. The molecule has 0 aromatic rings. The van der Waals surface area contributed by atoms with Gasteiger partial charge in [-0.05, 0) is 112 Å². The molecule has 15 nitrogen and oxygen atoms in total. The van der Waals surface area contributed by atoms with Crippen molar-refractivity contribution in [3.05, 3.63) is 90.3 Å². The average Bonchev–Trinajstić information content (AvgIpc) is 4.12. The Balaban J connectivity index is 1.28. The highest BCUT2D eigenvalue weighted by molar-refractivity contribution is 5.96. The zero-order valence-electron chi connectivity index (χ0n) is 37.1. The van der Waals surface area contributed by atoms with Gasteiger partial charge in [0, 0.05) is 56.4 Å². The molecule has 3 saturated heterocycles. The Labute approximate surface area is 376 Å². The number of esters is 3. The number of nitrogens with zero attached hydrogens (tertiary/aromatic N) is 9. The molecule has 0 radical (unpaired) electrons. The minimum absolute atomic E-state index is 0.0476. The van der Waals surface area contributed by atoms with E-state index in [1.165, 1.54) is 0 Å². The Morgan fingerprint density at radius 3 is 1.30 bits per heavy atom. The normalized spacial score (nSPS) is 25.3. The molecule has 6 rings (SSSR count). The second kappa shape index (κ2) is 21.5. The van der Waals surface area contributed by atoms with Crippen LogP contribution in [0.25, 0.3) is 9.69 Å².